The van der Waals surface area contributed by atoms with Gasteiger partial charge in [-0.3, -0.25) is 0 Å². The molecule has 0 amide bonds. The van der Waals surface area contributed by atoms with Crippen molar-refractivity contribution in [2.24, 2.45) is 0 Å². The highest BCUT2D eigenvalue weighted by Crippen LogP contribution is 2.23. The van der Waals surface area contributed by atoms with Gasteiger partial charge in [0.05, 0.1) is 0 Å². The van der Waals surface area contributed by atoms with E-state index in [2.05, 4.69) is 11.7 Å². The number of hydrogen-bond donors (Lipinski definition) is 0. The molecule has 0 saturated heterocycles. The van der Waals surface area contributed by atoms with Crippen molar-refractivity contribution in [1.82, 2.24) is 0 Å². The number of ether oxygens (including phenoxy) is 2. The zero-order valence-electron chi connectivity index (χ0n) is 11.4. The molecule has 0 N–H and O–H groups in total. The number of alkyl halides is 3. The first-order chi connectivity index (χ1) is 9.51. The Morgan fingerprint density at radius 1 is 0.950 bits per heavy atom. The Morgan fingerprint density at radius 3 is 2.20 bits per heavy atom. The second-order valence-electron chi connectivity index (χ2n) is 4.47. The van der Waals surface area contributed by atoms with E-state index >= 15 is 0 Å². The van der Waals surface area contributed by atoms with E-state index in [9.17, 15) is 13.2 Å². The molecule has 0 aliphatic rings. The SMILES string of the molecule is [CH2]COCCCCCCc1ccc(OC(F)(F)F)cc1. The topological polar surface area (TPSA) is 18.5 Å². The summed E-state index contributed by atoms with van der Waals surface area (Å²) in [5.41, 5.74) is 1.02. The van der Waals surface area contributed by atoms with Crippen molar-refractivity contribution in [3.05, 3.63) is 36.8 Å². The molecule has 1 aromatic rings. The van der Waals surface area contributed by atoms with E-state index in [1.807, 2.05) is 0 Å². The molecular formula is C15H20F3O2. The average Bonchev–Trinajstić information content (AvgIpc) is 2.38. The molecule has 0 heterocycles. The van der Waals surface area contributed by atoms with Gasteiger partial charge in [-0.1, -0.05) is 25.0 Å². The molecule has 20 heavy (non-hydrogen) atoms. The maximum Gasteiger partial charge on any atom is 0.573 e. The summed E-state index contributed by atoms with van der Waals surface area (Å²) < 4.78 is 44.9. The predicted molar refractivity (Wildman–Crippen MR) is 71.5 cm³/mol. The molecular weight excluding hydrogens is 269 g/mol. The first kappa shape index (κ1) is 16.8. The van der Waals surface area contributed by atoms with E-state index < -0.39 is 6.36 Å². The van der Waals surface area contributed by atoms with E-state index in [1.54, 1.807) is 12.1 Å². The third kappa shape index (κ3) is 8.04. The van der Waals surface area contributed by atoms with Crippen LogP contribution in [0.4, 0.5) is 13.2 Å². The molecule has 113 valence electrons. The van der Waals surface area contributed by atoms with Crippen LogP contribution >= 0.6 is 0 Å². The lowest BCUT2D eigenvalue weighted by molar-refractivity contribution is -0.274. The van der Waals surface area contributed by atoms with Crippen molar-refractivity contribution >= 4 is 0 Å². The van der Waals surface area contributed by atoms with Gasteiger partial charge in [-0.15, -0.1) is 13.2 Å². The van der Waals surface area contributed by atoms with Crippen molar-refractivity contribution in [1.29, 1.82) is 0 Å². The Hall–Kier alpha value is -1.23. The summed E-state index contributed by atoms with van der Waals surface area (Å²) in [6.45, 7) is 4.84. The lowest BCUT2D eigenvalue weighted by atomic mass is 10.1. The minimum Gasteiger partial charge on any atom is -0.406 e. The molecule has 2 nitrogen and oxygen atoms in total. The second kappa shape index (κ2) is 8.84. The monoisotopic (exact) mass is 289 g/mol. The molecule has 0 bridgehead atoms. The van der Waals surface area contributed by atoms with Gasteiger partial charge in [-0.25, -0.2) is 0 Å². The Bertz CT molecular complexity index is 360. The number of halogens is 3. The quantitative estimate of drug-likeness (QED) is 0.621. The van der Waals surface area contributed by atoms with Crippen LogP contribution < -0.4 is 4.74 Å². The average molecular weight is 289 g/mol. The van der Waals surface area contributed by atoms with E-state index in [1.165, 1.54) is 12.1 Å². The van der Waals surface area contributed by atoms with Gasteiger partial charge in [0, 0.05) is 13.2 Å². The largest absolute Gasteiger partial charge is 0.573 e. The third-order valence-electron chi connectivity index (χ3n) is 2.81. The second-order valence-corrected chi connectivity index (χ2v) is 4.47. The lowest BCUT2D eigenvalue weighted by Crippen LogP contribution is -2.17. The van der Waals surface area contributed by atoms with Crippen LogP contribution in [0.2, 0.25) is 0 Å². The van der Waals surface area contributed by atoms with Crippen molar-refractivity contribution in [2.75, 3.05) is 13.2 Å². The lowest BCUT2D eigenvalue weighted by Gasteiger charge is -2.09. The number of unbranched alkanes of at least 4 members (excludes halogenated alkanes) is 3. The van der Waals surface area contributed by atoms with Gasteiger partial charge < -0.3 is 9.47 Å². The molecule has 0 aromatic heterocycles. The van der Waals surface area contributed by atoms with Crippen molar-refractivity contribution < 1.29 is 22.6 Å². The van der Waals surface area contributed by atoms with Crippen LogP contribution in [0, 0.1) is 6.92 Å². The predicted octanol–water partition coefficient (Wildman–Crippen LogP) is 4.54. The molecule has 1 radical (unpaired) electrons. The summed E-state index contributed by atoms with van der Waals surface area (Å²) in [5, 5.41) is 0. The third-order valence-corrected chi connectivity index (χ3v) is 2.81. The normalized spacial score (nSPS) is 11.6. The Kier molecular flexibility index (Phi) is 7.44. The Labute approximate surface area is 117 Å². The minimum absolute atomic E-state index is 0.174. The van der Waals surface area contributed by atoms with Gasteiger partial charge in [0.1, 0.15) is 5.75 Å². The zero-order valence-corrected chi connectivity index (χ0v) is 11.4. The summed E-state index contributed by atoms with van der Waals surface area (Å²) in [5.74, 6) is -0.174. The van der Waals surface area contributed by atoms with Gasteiger partial charge >= 0.3 is 6.36 Å². The van der Waals surface area contributed by atoms with Crippen LogP contribution in [0.5, 0.6) is 5.75 Å². The summed E-state index contributed by atoms with van der Waals surface area (Å²) >= 11 is 0. The number of aryl methyl sites for hydroxylation is 1. The summed E-state index contributed by atoms with van der Waals surface area (Å²) in [6, 6.07) is 6.05. The van der Waals surface area contributed by atoms with Crippen LogP contribution in [0.1, 0.15) is 31.2 Å². The molecule has 0 fully saturated rings. The molecule has 0 aliphatic heterocycles. The van der Waals surface area contributed by atoms with Crippen LogP contribution in [0.15, 0.2) is 24.3 Å². The van der Waals surface area contributed by atoms with E-state index in [-0.39, 0.29) is 5.75 Å². The molecule has 0 aliphatic carbocycles. The van der Waals surface area contributed by atoms with E-state index in [0.717, 1.165) is 44.3 Å². The molecule has 1 rings (SSSR count). The standard InChI is InChI=1S/C15H20F3O2/c1-2-19-12-6-4-3-5-7-13-8-10-14(11-9-13)20-15(16,17)18/h8-11H,1-7,12H2. The molecule has 1 aromatic carbocycles. The van der Waals surface area contributed by atoms with Crippen molar-refractivity contribution in [3.63, 3.8) is 0 Å². The number of rotatable bonds is 9. The fourth-order valence-corrected chi connectivity index (χ4v) is 1.85. The molecule has 5 heteroatoms. The number of benzene rings is 1. The number of hydrogen-bond acceptors (Lipinski definition) is 2. The summed E-state index contributed by atoms with van der Waals surface area (Å²) in [6.07, 6.45) is 0.453. The fourth-order valence-electron chi connectivity index (χ4n) is 1.85. The van der Waals surface area contributed by atoms with E-state index in [4.69, 9.17) is 4.74 Å². The van der Waals surface area contributed by atoms with Gasteiger partial charge in [0.25, 0.3) is 0 Å². The molecule has 0 spiro atoms. The van der Waals surface area contributed by atoms with Gasteiger partial charge in [0.15, 0.2) is 0 Å². The van der Waals surface area contributed by atoms with Crippen molar-refractivity contribution in [2.45, 2.75) is 38.5 Å². The van der Waals surface area contributed by atoms with Crippen molar-refractivity contribution in [3.8, 4) is 5.75 Å². The molecule has 0 saturated carbocycles. The molecule has 0 atom stereocenters. The van der Waals surface area contributed by atoms with Gasteiger partial charge in [0.2, 0.25) is 0 Å². The van der Waals surface area contributed by atoms with Gasteiger partial charge in [-0.05, 0) is 43.9 Å². The smallest absolute Gasteiger partial charge is 0.406 e. The highest BCUT2D eigenvalue weighted by Gasteiger charge is 2.30. The maximum atomic E-state index is 12.0. The Balaban J connectivity index is 2.18. The van der Waals surface area contributed by atoms with Crippen LogP contribution in [0.25, 0.3) is 0 Å². The first-order valence-electron chi connectivity index (χ1n) is 6.73. The van der Waals surface area contributed by atoms with E-state index in [0.29, 0.717) is 6.61 Å². The van der Waals surface area contributed by atoms with Crippen LogP contribution in [-0.2, 0) is 11.2 Å². The highest BCUT2D eigenvalue weighted by atomic mass is 19.4. The summed E-state index contributed by atoms with van der Waals surface area (Å²) in [4.78, 5) is 0. The highest BCUT2D eigenvalue weighted by molar-refractivity contribution is 5.27. The fraction of sp³-hybridized carbons (Fsp3) is 0.533. The Morgan fingerprint density at radius 2 is 1.60 bits per heavy atom. The minimum atomic E-state index is -4.63. The summed E-state index contributed by atoms with van der Waals surface area (Å²) in [7, 11) is 0. The van der Waals surface area contributed by atoms with Gasteiger partial charge in [-0.2, -0.15) is 0 Å². The molecule has 0 unspecified atom stereocenters. The maximum absolute atomic E-state index is 12.0. The van der Waals surface area contributed by atoms with Crippen LogP contribution in [0.3, 0.4) is 0 Å². The zero-order chi connectivity index (χ0) is 14.8. The first-order valence-corrected chi connectivity index (χ1v) is 6.73. The van der Waals surface area contributed by atoms with Crippen LogP contribution in [-0.4, -0.2) is 19.6 Å².